The summed E-state index contributed by atoms with van der Waals surface area (Å²) >= 11 is 1.50. The summed E-state index contributed by atoms with van der Waals surface area (Å²) in [6.07, 6.45) is 0.829. The van der Waals surface area contributed by atoms with Crippen LogP contribution >= 0.6 is 11.8 Å². The third-order valence-corrected chi connectivity index (χ3v) is 4.77. The number of aryl methyl sites for hydroxylation is 1. The summed E-state index contributed by atoms with van der Waals surface area (Å²) < 4.78 is 7.43. The lowest BCUT2D eigenvalue weighted by atomic mass is 10.2. The van der Waals surface area contributed by atoms with Crippen LogP contribution in [0.1, 0.15) is 6.42 Å². The van der Waals surface area contributed by atoms with Crippen LogP contribution in [-0.4, -0.2) is 25.5 Å². The molecule has 0 aliphatic heterocycles. The molecule has 4 aromatic rings. The first-order chi connectivity index (χ1) is 12.3. The normalized spacial score (nSPS) is 11.2. The Morgan fingerprint density at radius 1 is 1.04 bits per heavy atom. The first-order valence-electron chi connectivity index (χ1n) is 8.00. The zero-order valence-corrected chi connectivity index (χ0v) is 14.2. The monoisotopic (exact) mass is 352 g/mol. The van der Waals surface area contributed by atoms with Gasteiger partial charge >= 0.3 is 5.69 Å². The average Bonchev–Trinajstić information content (AvgIpc) is 3.24. The van der Waals surface area contributed by atoms with E-state index in [4.69, 9.17) is 4.42 Å². The van der Waals surface area contributed by atoms with Crippen LogP contribution in [0.2, 0.25) is 0 Å². The van der Waals surface area contributed by atoms with Crippen molar-refractivity contribution in [2.75, 3.05) is 5.75 Å². The van der Waals surface area contributed by atoms with Gasteiger partial charge in [0.15, 0.2) is 0 Å². The number of nitrogens with zero attached hydrogens (tertiary/aromatic N) is 3. The second-order valence-electron chi connectivity index (χ2n) is 5.54. The topological polar surface area (TPSA) is 76.7 Å². The van der Waals surface area contributed by atoms with Gasteiger partial charge in [0.05, 0.1) is 11.0 Å². The summed E-state index contributed by atoms with van der Waals surface area (Å²) in [7, 11) is 0. The first kappa shape index (κ1) is 15.7. The molecule has 0 unspecified atom stereocenters. The van der Waals surface area contributed by atoms with Crippen molar-refractivity contribution in [1.82, 2.24) is 19.7 Å². The highest BCUT2D eigenvalue weighted by Gasteiger charge is 2.09. The number of para-hydroxylation sites is 2. The molecule has 0 radical (unpaired) electrons. The minimum Gasteiger partial charge on any atom is -0.411 e. The molecule has 0 aliphatic carbocycles. The number of nitrogens with one attached hydrogen (secondary N) is 1. The van der Waals surface area contributed by atoms with Crippen molar-refractivity contribution < 1.29 is 4.42 Å². The lowest BCUT2D eigenvalue weighted by molar-refractivity contribution is 0.465. The Kier molecular flexibility index (Phi) is 4.39. The van der Waals surface area contributed by atoms with E-state index in [1.165, 1.54) is 11.8 Å². The number of hydrogen-bond donors (Lipinski definition) is 1. The molecule has 1 N–H and O–H groups in total. The molecule has 0 fully saturated rings. The zero-order valence-electron chi connectivity index (χ0n) is 13.4. The van der Waals surface area contributed by atoms with E-state index < -0.39 is 0 Å². The number of rotatable bonds is 6. The Balaban J connectivity index is 1.36. The number of fused-ring (bicyclic) bond motifs is 1. The summed E-state index contributed by atoms with van der Waals surface area (Å²) in [5.41, 5.74) is 2.63. The van der Waals surface area contributed by atoms with Gasteiger partial charge in [0.1, 0.15) is 0 Å². The molecule has 0 saturated carbocycles. The van der Waals surface area contributed by atoms with E-state index in [-0.39, 0.29) is 5.69 Å². The van der Waals surface area contributed by atoms with Crippen molar-refractivity contribution in [2.24, 2.45) is 0 Å². The van der Waals surface area contributed by atoms with E-state index in [9.17, 15) is 4.79 Å². The fraction of sp³-hybridized carbons (Fsp3) is 0.167. The number of imidazole rings is 1. The van der Waals surface area contributed by atoms with E-state index in [0.717, 1.165) is 28.8 Å². The summed E-state index contributed by atoms with van der Waals surface area (Å²) in [5.74, 6) is 1.32. The van der Waals surface area contributed by atoms with Crippen LogP contribution in [0.3, 0.4) is 0 Å². The molecule has 0 bridgehead atoms. The zero-order chi connectivity index (χ0) is 17.1. The van der Waals surface area contributed by atoms with Gasteiger partial charge in [0, 0.05) is 17.9 Å². The van der Waals surface area contributed by atoms with Crippen molar-refractivity contribution in [3.8, 4) is 11.5 Å². The summed E-state index contributed by atoms with van der Waals surface area (Å²) in [6, 6.07) is 17.4. The van der Waals surface area contributed by atoms with Gasteiger partial charge in [-0.2, -0.15) is 0 Å². The molecule has 6 nitrogen and oxygen atoms in total. The Hall–Kier alpha value is -2.80. The van der Waals surface area contributed by atoms with E-state index in [1.54, 1.807) is 4.57 Å². The van der Waals surface area contributed by atoms with Gasteiger partial charge in [-0.05, 0) is 30.7 Å². The fourth-order valence-corrected chi connectivity index (χ4v) is 3.36. The van der Waals surface area contributed by atoms with E-state index in [1.807, 2.05) is 54.6 Å². The van der Waals surface area contributed by atoms with Gasteiger partial charge in [-0.1, -0.05) is 42.1 Å². The second kappa shape index (κ2) is 6.98. The molecule has 2 heterocycles. The predicted molar refractivity (Wildman–Crippen MR) is 97.6 cm³/mol. The molecular formula is C18H16N4O2S. The van der Waals surface area contributed by atoms with Crippen LogP contribution in [0.15, 0.2) is 69.0 Å². The van der Waals surface area contributed by atoms with Crippen LogP contribution in [-0.2, 0) is 6.54 Å². The van der Waals surface area contributed by atoms with Crippen molar-refractivity contribution in [3.05, 3.63) is 65.1 Å². The largest absolute Gasteiger partial charge is 0.411 e. The van der Waals surface area contributed by atoms with Crippen LogP contribution in [0.5, 0.6) is 0 Å². The Morgan fingerprint density at radius 2 is 1.84 bits per heavy atom. The Bertz CT molecular complexity index is 1040. The molecule has 0 spiro atoms. The molecule has 126 valence electrons. The quantitative estimate of drug-likeness (QED) is 0.424. The minimum atomic E-state index is -0.0737. The molecular weight excluding hydrogens is 336 g/mol. The highest BCUT2D eigenvalue weighted by Crippen LogP contribution is 2.23. The maximum Gasteiger partial charge on any atom is 0.326 e. The first-order valence-corrected chi connectivity index (χ1v) is 8.99. The fourth-order valence-electron chi connectivity index (χ4n) is 2.68. The minimum absolute atomic E-state index is 0.0737. The van der Waals surface area contributed by atoms with E-state index in [0.29, 0.717) is 17.7 Å². The smallest absolute Gasteiger partial charge is 0.326 e. The number of hydrogen-bond acceptors (Lipinski definition) is 5. The number of aromatic nitrogens is 4. The molecule has 0 amide bonds. The standard InChI is InChI=1S/C18H16N4O2S/c23-17-19-14-9-4-5-10-15(14)22(17)11-6-12-25-18-21-20-16(24-18)13-7-2-1-3-8-13/h1-5,7-10H,6,11-12H2,(H,19,23). The lowest BCUT2D eigenvalue weighted by Gasteiger charge is -2.02. The molecule has 25 heavy (non-hydrogen) atoms. The van der Waals surface area contributed by atoms with Gasteiger partial charge in [0.25, 0.3) is 5.22 Å². The summed E-state index contributed by atoms with van der Waals surface area (Å²) in [5, 5.41) is 8.69. The highest BCUT2D eigenvalue weighted by atomic mass is 32.2. The second-order valence-corrected chi connectivity index (χ2v) is 6.59. The SMILES string of the molecule is O=c1[nH]c2ccccc2n1CCCSc1nnc(-c2ccccc2)o1. The molecule has 7 heteroatoms. The highest BCUT2D eigenvalue weighted by molar-refractivity contribution is 7.99. The van der Waals surface area contributed by atoms with Crippen LogP contribution in [0.25, 0.3) is 22.5 Å². The molecule has 0 saturated heterocycles. The van der Waals surface area contributed by atoms with Gasteiger partial charge in [-0.15, -0.1) is 10.2 Å². The Labute approximate surface area is 147 Å². The van der Waals surface area contributed by atoms with Gasteiger partial charge in [-0.25, -0.2) is 4.79 Å². The number of H-pyrrole nitrogens is 1. The molecule has 2 aromatic heterocycles. The number of aromatic amines is 1. The molecule has 2 aromatic carbocycles. The van der Waals surface area contributed by atoms with Crippen molar-refractivity contribution in [1.29, 1.82) is 0 Å². The van der Waals surface area contributed by atoms with E-state index in [2.05, 4.69) is 15.2 Å². The molecule has 0 aliphatic rings. The van der Waals surface area contributed by atoms with Crippen molar-refractivity contribution in [2.45, 2.75) is 18.2 Å². The van der Waals surface area contributed by atoms with Crippen molar-refractivity contribution in [3.63, 3.8) is 0 Å². The van der Waals surface area contributed by atoms with Gasteiger partial charge in [-0.3, -0.25) is 4.57 Å². The molecule has 4 rings (SSSR count). The van der Waals surface area contributed by atoms with E-state index >= 15 is 0 Å². The maximum atomic E-state index is 12.0. The predicted octanol–water partition coefficient (Wildman–Crippen LogP) is 3.56. The van der Waals surface area contributed by atoms with Crippen LogP contribution in [0.4, 0.5) is 0 Å². The summed E-state index contributed by atoms with van der Waals surface area (Å²) in [6.45, 7) is 0.648. The maximum absolute atomic E-state index is 12.0. The lowest BCUT2D eigenvalue weighted by Crippen LogP contribution is -2.17. The average molecular weight is 352 g/mol. The van der Waals surface area contributed by atoms with Crippen molar-refractivity contribution >= 4 is 22.8 Å². The third-order valence-electron chi connectivity index (χ3n) is 3.86. The number of benzene rings is 2. The van der Waals surface area contributed by atoms with Gasteiger partial charge < -0.3 is 9.40 Å². The number of thioether (sulfide) groups is 1. The Morgan fingerprint density at radius 3 is 2.72 bits per heavy atom. The van der Waals surface area contributed by atoms with Gasteiger partial charge in [0.2, 0.25) is 5.89 Å². The third kappa shape index (κ3) is 3.36. The molecule has 0 atom stereocenters. The van der Waals surface area contributed by atoms with Crippen LogP contribution in [0, 0.1) is 0 Å². The van der Waals surface area contributed by atoms with Crippen LogP contribution < -0.4 is 5.69 Å². The summed E-state index contributed by atoms with van der Waals surface area (Å²) in [4.78, 5) is 14.9.